The molecule has 1 unspecified atom stereocenters. The maximum absolute atomic E-state index is 11.6. The second-order valence-electron chi connectivity index (χ2n) is 3.24. The standard InChI is InChI=1S/C10H11ClO4S/c1-15-8-5-3-7(4-6-8)9(12)10(11)16(2,13)14/h3-6,10H,1-2H3. The van der Waals surface area contributed by atoms with Crippen molar-refractivity contribution < 1.29 is 17.9 Å². The van der Waals surface area contributed by atoms with Crippen LogP contribution < -0.4 is 4.74 Å². The van der Waals surface area contributed by atoms with E-state index in [1.807, 2.05) is 0 Å². The Kier molecular flexibility index (Phi) is 3.93. The highest BCUT2D eigenvalue weighted by atomic mass is 35.5. The lowest BCUT2D eigenvalue weighted by Crippen LogP contribution is -2.23. The van der Waals surface area contributed by atoms with Gasteiger partial charge in [-0.1, -0.05) is 11.6 Å². The zero-order valence-corrected chi connectivity index (χ0v) is 10.4. The minimum absolute atomic E-state index is 0.242. The van der Waals surface area contributed by atoms with Crippen LogP contribution in [0.1, 0.15) is 10.4 Å². The molecule has 0 aromatic heterocycles. The summed E-state index contributed by atoms with van der Waals surface area (Å²) in [6, 6.07) is 6.09. The van der Waals surface area contributed by atoms with Crippen LogP contribution in [0.3, 0.4) is 0 Å². The number of carbonyl (C=O) groups excluding carboxylic acids is 1. The van der Waals surface area contributed by atoms with E-state index in [0.717, 1.165) is 6.26 Å². The van der Waals surface area contributed by atoms with Gasteiger partial charge in [-0.3, -0.25) is 4.79 Å². The first-order valence-electron chi connectivity index (χ1n) is 4.37. The topological polar surface area (TPSA) is 60.4 Å². The van der Waals surface area contributed by atoms with Crippen molar-refractivity contribution in [2.75, 3.05) is 13.4 Å². The fourth-order valence-corrected chi connectivity index (χ4v) is 1.73. The summed E-state index contributed by atoms with van der Waals surface area (Å²) < 4.78 is 25.6. The predicted molar refractivity (Wildman–Crippen MR) is 61.8 cm³/mol. The summed E-state index contributed by atoms with van der Waals surface area (Å²) in [7, 11) is -2.08. The molecule has 1 aromatic rings. The Morgan fingerprint density at radius 3 is 2.19 bits per heavy atom. The lowest BCUT2D eigenvalue weighted by atomic mass is 10.1. The Balaban J connectivity index is 2.97. The molecule has 0 spiro atoms. The van der Waals surface area contributed by atoms with Crippen molar-refractivity contribution in [1.82, 2.24) is 0 Å². The van der Waals surface area contributed by atoms with Gasteiger partial charge >= 0.3 is 0 Å². The molecule has 1 rings (SSSR count). The molecule has 16 heavy (non-hydrogen) atoms. The average Bonchev–Trinajstić information content (AvgIpc) is 2.26. The van der Waals surface area contributed by atoms with Crippen molar-refractivity contribution in [1.29, 1.82) is 0 Å². The number of alkyl halides is 1. The summed E-state index contributed by atoms with van der Waals surface area (Å²) in [5.74, 6) is -0.0474. The largest absolute Gasteiger partial charge is 0.497 e. The Morgan fingerprint density at radius 2 is 1.81 bits per heavy atom. The van der Waals surface area contributed by atoms with Crippen LogP contribution in [0.25, 0.3) is 0 Å². The van der Waals surface area contributed by atoms with Gasteiger partial charge in [-0.15, -0.1) is 0 Å². The molecule has 88 valence electrons. The molecule has 4 nitrogen and oxygen atoms in total. The lowest BCUT2D eigenvalue weighted by molar-refractivity contribution is 0.101. The highest BCUT2D eigenvalue weighted by Crippen LogP contribution is 2.16. The molecule has 0 aliphatic rings. The molecule has 0 saturated heterocycles. The molecule has 0 bridgehead atoms. The first kappa shape index (κ1) is 13.0. The van der Waals surface area contributed by atoms with Crippen molar-refractivity contribution >= 4 is 27.2 Å². The predicted octanol–water partition coefficient (Wildman–Crippen LogP) is 1.49. The number of hydrogen-bond acceptors (Lipinski definition) is 4. The maximum atomic E-state index is 11.6. The van der Waals surface area contributed by atoms with E-state index in [0.29, 0.717) is 5.75 Å². The van der Waals surface area contributed by atoms with Crippen LogP contribution in [0.4, 0.5) is 0 Å². The molecule has 0 saturated carbocycles. The van der Waals surface area contributed by atoms with Crippen molar-refractivity contribution in [3.8, 4) is 5.75 Å². The third-order valence-electron chi connectivity index (χ3n) is 1.96. The van der Waals surface area contributed by atoms with Gasteiger partial charge < -0.3 is 4.74 Å². The highest BCUT2D eigenvalue weighted by Gasteiger charge is 2.26. The van der Waals surface area contributed by atoms with E-state index >= 15 is 0 Å². The van der Waals surface area contributed by atoms with Gasteiger partial charge in [0.1, 0.15) is 5.75 Å². The summed E-state index contributed by atoms with van der Waals surface area (Å²) in [6.07, 6.45) is 0.923. The van der Waals surface area contributed by atoms with E-state index in [9.17, 15) is 13.2 Å². The third-order valence-corrected chi connectivity index (χ3v) is 4.09. The van der Waals surface area contributed by atoms with E-state index in [2.05, 4.69) is 0 Å². The van der Waals surface area contributed by atoms with Gasteiger partial charge in [0.05, 0.1) is 7.11 Å². The Morgan fingerprint density at radius 1 is 1.31 bits per heavy atom. The van der Waals surface area contributed by atoms with Gasteiger partial charge in [0, 0.05) is 11.8 Å². The quantitative estimate of drug-likeness (QED) is 0.609. The summed E-state index contributed by atoms with van der Waals surface area (Å²) in [4.78, 5) is 11.6. The fourth-order valence-electron chi connectivity index (χ4n) is 1.08. The van der Waals surface area contributed by atoms with Gasteiger partial charge in [0.2, 0.25) is 0 Å². The molecular formula is C10H11ClO4S. The van der Waals surface area contributed by atoms with E-state index in [-0.39, 0.29) is 5.56 Å². The average molecular weight is 263 g/mol. The van der Waals surface area contributed by atoms with Crippen LogP contribution in [0, 0.1) is 0 Å². The molecule has 0 heterocycles. The second-order valence-corrected chi connectivity index (χ2v) is 6.06. The fraction of sp³-hybridized carbons (Fsp3) is 0.300. The molecule has 6 heteroatoms. The number of hydrogen-bond donors (Lipinski definition) is 0. The van der Waals surface area contributed by atoms with Crippen LogP contribution in [-0.2, 0) is 9.84 Å². The normalized spacial score (nSPS) is 13.2. The number of rotatable bonds is 4. The lowest BCUT2D eigenvalue weighted by Gasteiger charge is -2.06. The number of ether oxygens (including phenoxy) is 1. The molecule has 0 amide bonds. The second kappa shape index (κ2) is 4.84. The maximum Gasteiger partial charge on any atom is 0.197 e. The van der Waals surface area contributed by atoms with Gasteiger partial charge in [-0.05, 0) is 24.3 Å². The number of Topliss-reactive ketones (excluding diaryl/α,β-unsaturated/α-hetero) is 1. The highest BCUT2D eigenvalue weighted by molar-refractivity contribution is 7.93. The molecule has 0 radical (unpaired) electrons. The monoisotopic (exact) mass is 262 g/mol. The molecular weight excluding hydrogens is 252 g/mol. The Hall–Kier alpha value is -1.07. The molecule has 0 N–H and O–H groups in total. The van der Waals surface area contributed by atoms with Crippen LogP contribution in [0.5, 0.6) is 5.75 Å². The third kappa shape index (κ3) is 2.96. The van der Waals surface area contributed by atoms with Gasteiger partial charge in [-0.2, -0.15) is 0 Å². The van der Waals surface area contributed by atoms with Crippen molar-refractivity contribution in [2.24, 2.45) is 0 Å². The molecule has 1 aromatic carbocycles. The number of sulfone groups is 1. The van der Waals surface area contributed by atoms with E-state index in [1.54, 1.807) is 12.1 Å². The van der Waals surface area contributed by atoms with Crippen LogP contribution >= 0.6 is 11.6 Å². The molecule has 0 aliphatic carbocycles. The molecule has 0 fully saturated rings. The van der Waals surface area contributed by atoms with E-state index in [1.165, 1.54) is 19.2 Å². The zero-order chi connectivity index (χ0) is 12.3. The van der Waals surface area contributed by atoms with Crippen molar-refractivity contribution in [2.45, 2.75) is 4.71 Å². The van der Waals surface area contributed by atoms with Gasteiger partial charge in [0.25, 0.3) is 0 Å². The first-order chi connectivity index (χ1) is 7.36. The number of benzene rings is 1. The zero-order valence-electron chi connectivity index (χ0n) is 8.81. The minimum Gasteiger partial charge on any atom is -0.497 e. The Bertz CT molecular complexity index is 478. The number of ketones is 1. The smallest absolute Gasteiger partial charge is 0.197 e. The van der Waals surface area contributed by atoms with Crippen molar-refractivity contribution in [3.63, 3.8) is 0 Å². The molecule has 1 atom stereocenters. The first-order valence-corrected chi connectivity index (χ1v) is 6.76. The van der Waals surface area contributed by atoms with Gasteiger partial charge in [-0.25, -0.2) is 8.42 Å². The summed E-state index contributed by atoms with van der Waals surface area (Å²) >= 11 is 5.55. The number of methoxy groups -OCH3 is 1. The summed E-state index contributed by atoms with van der Waals surface area (Å²) in [5.41, 5.74) is 0.242. The molecule has 0 aliphatic heterocycles. The van der Waals surface area contributed by atoms with Crippen LogP contribution in [-0.4, -0.2) is 32.3 Å². The number of halogens is 1. The van der Waals surface area contributed by atoms with Crippen LogP contribution in [0.2, 0.25) is 0 Å². The SMILES string of the molecule is COc1ccc(C(=O)C(Cl)S(C)(=O)=O)cc1. The number of carbonyl (C=O) groups is 1. The Labute approximate surface area is 99.1 Å². The van der Waals surface area contributed by atoms with E-state index < -0.39 is 20.3 Å². The summed E-state index contributed by atoms with van der Waals surface area (Å²) in [6.45, 7) is 0. The van der Waals surface area contributed by atoms with Gasteiger partial charge in [0.15, 0.2) is 20.3 Å². The van der Waals surface area contributed by atoms with Crippen LogP contribution in [0.15, 0.2) is 24.3 Å². The summed E-state index contributed by atoms with van der Waals surface area (Å²) in [5, 5.41) is 0. The minimum atomic E-state index is -3.58. The van der Waals surface area contributed by atoms with E-state index in [4.69, 9.17) is 16.3 Å². The van der Waals surface area contributed by atoms with Crippen molar-refractivity contribution in [3.05, 3.63) is 29.8 Å².